The average Bonchev–Trinajstić information content (AvgIpc) is 3.14. The van der Waals surface area contributed by atoms with Gasteiger partial charge < -0.3 is 0 Å². The number of aromatic nitrogens is 1. The summed E-state index contributed by atoms with van der Waals surface area (Å²) in [6.07, 6.45) is 0. The Morgan fingerprint density at radius 2 is 1.67 bits per heavy atom. The van der Waals surface area contributed by atoms with Gasteiger partial charge >= 0.3 is 0 Å². The summed E-state index contributed by atoms with van der Waals surface area (Å²) in [6.45, 7) is 8.67. The summed E-state index contributed by atoms with van der Waals surface area (Å²) in [5.41, 5.74) is 0.186. The van der Waals surface area contributed by atoms with Gasteiger partial charge in [-0.15, -0.1) is 5.11 Å². The second-order valence-electron chi connectivity index (χ2n) is 7.93. The molecule has 2 aromatic rings. The summed E-state index contributed by atoms with van der Waals surface area (Å²) >= 11 is 0.922. The van der Waals surface area contributed by atoms with Crippen molar-refractivity contribution in [1.82, 2.24) is 14.4 Å². The first kappa shape index (κ1) is 22.2. The summed E-state index contributed by atoms with van der Waals surface area (Å²) in [7, 11) is -3.95. The summed E-state index contributed by atoms with van der Waals surface area (Å²) in [4.78, 5) is 25.6. The molecule has 2 amide bonds. The Hall–Kier alpha value is -2.44. The van der Waals surface area contributed by atoms with Crippen molar-refractivity contribution in [2.45, 2.75) is 38.6 Å². The molecule has 2 N–H and O–H groups in total. The maximum atomic E-state index is 12.9. The first-order chi connectivity index (χ1) is 14.0. The lowest BCUT2D eigenvalue weighted by atomic mass is 10.2. The number of azo groups is 1. The van der Waals surface area contributed by atoms with E-state index in [1.54, 1.807) is 6.07 Å². The van der Waals surface area contributed by atoms with Crippen molar-refractivity contribution in [2.24, 2.45) is 27.2 Å². The van der Waals surface area contributed by atoms with Gasteiger partial charge in [-0.3, -0.25) is 9.59 Å². The topological polar surface area (TPSA) is 138 Å². The Bertz CT molecular complexity index is 1080. The number of hydrogen-bond donors (Lipinski definition) is 1. The maximum Gasteiger partial charge on any atom is 0.277 e. The van der Waals surface area contributed by atoms with Gasteiger partial charge in [-0.25, -0.2) is 23.6 Å². The summed E-state index contributed by atoms with van der Waals surface area (Å²) < 4.78 is 27.6. The van der Waals surface area contributed by atoms with E-state index in [0.29, 0.717) is 23.5 Å². The zero-order valence-electron chi connectivity index (χ0n) is 17.1. The molecule has 0 bridgehead atoms. The zero-order valence-corrected chi connectivity index (χ0v) is 18.8. The molecule has 1 aliphatic rings. The molecule has 1 aromatic heterocycles. The molecule has 1 saturated heterocycles. The highest BCUT2D eigenvalue weighted by atomic mass is 32.2. The lowest BCUT2D eigenvalue weighted by molar-refractivity contribution is -0.148. The van der Waals surface area contributed by atoms with Gasteiger partial charge in [0.2, 0.25) is 16.1 Å². The predicted octanol–water partition coefficient (Wildman–Crippen LogP) is 2.29. The van der Waals surface area contributed by atoms with E-state index >= 15 is 0 Å². The van der Waals surface area contributed by atoms with Gasteiger partial charge in [-0.1, -0.05) is 33.8 Å². The highest BCUT2D eigenvalue weighted by Gasteiger charge is 2.46. The van der Waals surface area contributed by atoms with E-state index in [0.717, 1.165) is 11.5 Å². The van der Waals surface area contributed by atoms with Crippen molar-refractivity contribution < 1.29 is 18.0 Å². The van der Waals surface area contributed by atoms with Crippen LogP contribution in [0.2, 0.25) is 0 Å². The second-order valence-corrected chi connectivity index (χ2v) is 10.2. The third kappa shape index (κ3) is 4.35. The number of carbonyl (C=O) groups excluding carboxylic acids is 2. The molecule has 0 spiro atoms. The third-order valence-electron chi connectivity index (χ3n) is 4.37. The lowest BCUT2D eigenvalue weighted by Crippen LogP contribution is -2.44. The first-order valence-electron chi connectivity index (χ1n) is 9.45. The van der Waals surface area contributed by atoms with E-state index < -0.39 is 27.9 Å². The minimum atomic E-state index is -3.95. The fourth-order valence-corrected chi connectivity index (χ4v) is 4.60. The van der Waals surface area contributed by atoms with Gasteiger partial charge in [0.15, 0.2) is 5.00 Å². The molecule has 30 heavy (non-hydrogen) atoms. The Balaban J connectivity index is 1.94. The fourth-order valence-electron chi connectivity index (χ4n) is 3.13. The van der Waals surface area contributed by atoms with E-state index in [9.17, 15) is 18.0 Å². The molecule has 0 unspecified atom stereocenters. The molecule has 1 fully saturated rings. The van der Waals surface area contributed by atoms with Crippen molar-refractivity contribution in [1.29, 1.82) is 0 Å². The number of hydrogen-bond acceptors (Lipinski definition) is 8. The van der Waals surface area contributed by atoms with Crippen LogP contribution in [0.3, 0.4) is 0 Å². The highest BCUT2D eigenvalue weighted by Crippen LogP contribution is 2.34. The van der Waals surface area contributed by atoms with Crippen molar-refractivity contribution in [3.05, 3.63) is 18.2 Å². The van der Waals surface area contributed by atoms with Gasteiger partial charge in [0, 0.05) is 18.5 Å². The van der Waals surface area contributed by atoms with Gasteiger partial charge in [-0.2, -0.15) is 9.49 Å². The van der Waals surface area contributed by atoms with Gasteiger partial charge in [0.05, 0.1) is 0 Å². The number of fused-ring (bicyclic) bond motifs is 1. The van der Waals surface area contributed by atoms with Crippen LogP contribution < -0.4 is 5.14 Å². The lowest BCUT2D eigenvalue weighted by Gasteiger charge is -2.30. The smallest absolute Gasteiger partial charge is 0.270 e. The molecule has 10 nitrogen and oxygen atoms in total. The van der Waals surface area contributed by atoms with Crippen LogP contribution in [0, 0.1) is 11.8 Å². The molecule has 162 valence electrons. The van der Waals surface area contributed by atoms with Crippen LogP contribution in [0.15, 0.2) is 33.3 Å². The minimum Gasteiger partial charge on any atom is -0.270 e. The summed E-state index contributed by atoms with van der Waals surface area (Å²) in [6, 6.07) is 3.25. The first-order valence-corrected chi connectivity index (χ1v) is 11.8. The second kappa shape index (κ2) is 8.36. The highest BCUT2D eigenvalue weighted by molar-refractivity contribution is 7.89. The normalized spacial score (nSPS) is 16.4. The van der Waals surface area contributed by atoms with Gasteiger partial charge in [-0.05, 0) is 35.5 Å². The number of sulfonamides is 1. The number of rotatable bonds is 7. The zero-order chi connectivity index (χ0) is 22.2. The third-order valence-corrected chi connectivity index (χ3v) is 6.06. The summed E-state index contributed by atoms with van der Waals surface area (Å²) in [5.74, 6) is -0.488. The number of amides is 2. The van der Waals surface area contributed by atoms with Crippen molar-refractivity contribution >= 4 is 49.3 Å². The average molecular weight is 453 g/mol. The fraction of sp³-hybridized carbons (Fsp3) is 0.500. The van der Waals surface area contributed by atoms with Crippen LogP contribution in [0.5, 0.6) is 0 Å². The van der Waals surface area contributed by atoms with E-state index in [1.165, 1.54) is 22.2 Å². The monoisotopic (exact) mass is 452 g/mol. The maximum absolute atomic E-state index is 12.9. The standard InChI is InChI=1S/C18H24N6O4S2/c1-10(2)8-23-17(25)15(18(26)24(23)9-11(3)4)20-21-16-12-6-5-7-13(30(19,27)28)14(12)22-29-16/h5-7,10-11,15H,8-9H2,1-4H3,(H2,19,27,28)/b21-20+. The molecular weight excluding hydrogens is 428 g/mol. The number of nitrogens with zero attached hydrogens (tertiary/aromatic N) is 5. The van der Waals surface area contributed by atoms with Gasteiger partial charge in [0.25, 0.3) is 11.8 Å². The number of nitrogens with two attached hydrogens (primary N) is 1. The molecule has 2 heterocycles. The quantitative estimate of drug-likeness (QED) is 0.507. The molecule has 0 aliphatic carbocycles. The molecule has 0 radical (unpaired) electrons. The van der Waals surface area contributed by atoms with Crippen molar-refractivity contribution in [3.63, 3.8) is 0 Å². The molecular formula is C18H24N6O4S2. The molecule has 3 rings (SSSR count). The van der Waals surface area contributed by atoms with Gasteiger partial charge in [0.1, 0.15) is 10.4 Å². The molecule has 0 atom stereocenters. The largest absolute Gasteiger partial charge is 0.277 e. The Labute approximate surface area is 178 Å². The van der Waals surface area contributed by atoms with Crippen LogP contribution >= 0.6 is 11.5 Å². The molecule has 1 aliphatic heterocycles. The summed E-state index contributed by atoms with van der Waals surface area (Å²) in [5, 5.41) is 17.0. The molecule has 12 heteroatoms. The number of hydrazine groups is 1. The van der Waals surface area contributed by atoms with Crippen molar-refractivity contribution in [2.75, 3.05) is 13.1 Å². The molecule has 0 saturated carbocycles. The van der Waals surface area contributed by atoms with Crippen LogP contribution in [-0.4, -0.2) is 53.8 Å². The Kier molecular flexibility index (Phi) is 6.20. The van der Waals surface area contributed by atoms with Crippen LogP contribution in [-0.2, 0) is 19.6 Å². The van der Waals surface area contributed by atoms with Crippen molar-refractivity contribution in [3.8, 4) is 0 Å². The van der Waals surface area contributed by atoms with E-state index in [2.05, 4.69) is 14.6 Å². The van der Waals surface area contributed by atoms with Crippen LogP contribution in [0.4, 0.5) is 5.00 Å². The Morgan fingerprint density at radius 1 is 1.10 bits per heavy atom. The molecule has 1 aromatic carbocycles. The minimum absolute atomic E-state index is 0.114. The van der Waals surface area contributed by atoms with Crippen LogP contribution in [0.25, 0.3) is 10.9 Å². The number of benzene rings is 1. The Morgan fingerprint density at radius 3 is 2.17 bits per heavy atom. The predicted molar refractivity (Wildman–Crippen MR) is 112 cm³/mol. The number of primary sulfonamides is 1. The van der Waals surface area contributed by atoms with E-state index in [4.69, 9.17) is 5.14 Å². The van der Waals surface area contributed by atoms with Crippen LogP contribution in [0.1, 0.15) is 27.7 Å². The van der Waals surface area contributed by atoms with E-state index in [-0.39, 0.29) is 22.2 Å². The SMILES string of the molecule is CC(C)CN1C(=O)C(/N=N/c2snc3c(S(N)(=O)=O)cccc23)C(=O)N1CC(C)C. The van der Waals surface area contributed by atoms with E-state index in [1.807, 2.05) is 27.7 Å². The number of carbonyl (C=O) groups is 2.